The van der Waals surface area contributed by atoms with E-state index in [-0.39, 0.29) is 16.8 Å². The number of carbonyl (C=O) groups is 1. The van der Waals surface area contributed by atoms with E-state index in [0.29, 0.717) is 5.56 Å². The van der Waals surface area contributed by atoms with E-state index in [1.54, 1.807) is 0 Å². The van der Waals surface area contributed by atoms with Gasteiger partial charge in [0.2, 0.25) is 0 Å². The molecule has 1 N–H and O–H groups in total. The molecule has 0 aliphatic heterocycles. The summed E-state index contributed by atoms with van der Waals surface area (Å²) < 4.78 is 0. The fourth-order valence-electron chi connectivity index (χ4n) is 2.02. The number of hydrogen-bond donors (Lipinski definition) is 1. The highest BCUT2D eigenvalue weighted by Gasteiger charge is 2.12. The van der Waals surface area contributed by atoms with E-state index in [0.717, 1.165) is 16.5 Å². The van der Waals surface area contributed by atoms with E-state index in [9.17, 15) is 4.79 Å². The summed E-state index contributed by atoms with van der Waals surface area (Å²) in [5, 5.41) is 13.0. The molecule has 0 bridgehead atoms. The van der Waals surface area contributed by atoms with Gasteiger partial charge < -0.3 is 5.32 Å². The zero-order chi connectivity index (χ0) is 16.3. The first-order valence-electron chi connectivity index (χ1n) is 6.90. The van der Waals surface area contributed by atoms with Crippen LogP contribution in [0.5, 0.6) is 0 Å². The van der Waals surface area contributed by atoms with Crippen LogP contribution in [0.3, 0.4) is 0 Å². The number of nitrogens with one attached hydrogen (secondary N) is 1. The van der Waals surface area contributed by atoms with Crippen LogP contribution in [0, 0.1) is 18.3 Å². The zero-order valence-electron chi connectivity index (χ0n) is 12.6. The van der Waals surface area contributed by atoms with Gasteiger partial charge in [-0.1, -0.05) is 23.7 Å². The van der Waals surface area contributed by atoms with E-state index in [2.05, 4.69) is 10.3 Å². The van der Waals surface area contributed by atoms with Crippen molar-refractivity contribution in [2.75, 3.05) is 0 Å². The second-order valence-corrected chi connectivity index (χ2v) is 5.72. The van der Waals surface area contributed by atoms with Crippen LogP contribution < -0.4 is 5.32 Å². The number of benzene rings is 1. The Morgan fingerprint density at radius 2 is 2.14 bits per heavy atom. The standard InChI is InChI=1S/C17H16ClN3O/c1-10(2)20-17(22)14(9-19)8-13-7-12-5-4-11(3)6-15(12)21-16(13)18/h4-8,10H,1-3H3,(H,20,22)/b14-8+. The fraction of sp³-hybridized carbons (Fsp3) is 0.235. The van der Waals surface area contributed by atoms with Gasteiger partial charge in [0.05, 0.1) is 5.52 Å². The van der Waals surface area contributed by atoms with Crippen molar-refractivity contribution >= 4 is 34.5 Å². The molecule has 0 fully saturated rings. The summed E-state index contributed by atoms with van der Waals surface area (Å²) in [4.78, 5) is 16.3. The average Bonchev–Trinajstić information content (AvgIpc) is 2.44. The molecule has 5 heteroatoms. The van der Waals surface area contributed by atoms with Crippen molar-refractivity contribution in [1.82, 2.24) is 10.3 Å². The number of halogens is 1. The van der Waals surface area contributed by atoms with Crippen molar-refractivity contribution in [3.05, 3.63) is 46.1 Å². The molecule has 2 rings (SSSR count). The van der Waals surface area contributed by atoms with Crippen LogP contribution >= 0.6 is 11.6 Å². The van der Waals surface area contributed by atoms with Gasteiger partial charge in [0, 0.05) is 17.0 Å². The lowest BCUT2D eigenvalue weighted by Crippen LogP contribution is -2.30. The minimum Gasteiger partial charge on any atom is -0.349 e. The SMILES string of the molecule is Cc1ccc2cc(/C=C(\C#N)C(=O)NC(C)C)c(Cl)nc2c1. The van der Waals surface area contributed by atoms with Crippen molar-refractivity contribution in [1.29, 1.82) is 5.26 Å². The minimum absolute atomic E-state index is 0.00358. The van der Waals surface area contributed by atoms with E-state index in [1.165, 1.54) is 6.08 Å². The molecule has 0 radical (unpaired) electrons. The summed E-state index contributed by atoms with van der Waals surface area (Å²) in [5.41, 5.74) is 2.43. The largest absolute Gasteiger partial charge is 0.349 e. The molecule has 22 heavy (non-hydrogen) atoms. The number of fused-ring (bicyclic) bond motifs is 1. The summed E-state index contributed by atoms with van der Waals surface area (Å²) in [5.74, 6) is -0.419. The summed E-state index contributed by atoms with van der Waals surface area (Å²) in [6.07, 6.45) is 1.46. The van der Waals surface area contributed by atoms with Crippen LogP contribution in [0.1, 0.15) is 25.0 Å². The summed E-state index contributed by atoms with van der Waals surface area (Å²) in [6.45, 7) is 5.65. The van der Waals surface area contributed by atoms with Crippen LogP contribution in [0.15, 0.2) is 29.8 Å². The molecule has 0 saturated carbocycles. The molecule has 1 aromatic carbocycles. The van der Waals surface area contributed by atoms with Crippen LogP contribution in [-0.4, -0.2) is 16.9 Å². The first-order chi connectivity index (χ1) is 10.4. The third-order valence-electron chi connectivity index (χ3n) is 3.04. The monoisotopic (exact) mass is 313 g/mol. The maximum atomic E-state index is 11.9. The summed E-state index contributed by atoms with van der Waals surface area (Å²) >= 11 is 6.17. The van der Waals surface area contributed by atoms with Gasteiger partial charge in [0.25, 0.3) is 5.91 Å². The van der Waals surface area contributed by atoms with Crippen molar-refractivity contribution in [3.8, 4) is 6.07 Å². The quantitative estimate of drug-likeness (QED) is 0.534. The number of hydrogen-bond acceptors (Lipinski definition) is 3. The zero-order valence-corrected chi connectivity index (χ0v) is 13.4. The Balaban J connectivity index is 2.47. The molecular weight excluding hydrogens is 298 g/mol. The molecule has 0 spiro atoms. The highest BCUT2D eigenvalue weighted by molar-refractivity contribution is 6.31. The molecule has 2 aromatic rings. The molecule has 0 aliphatic rings. The Bertz CT molecular complexity index is 803. The summed E-state index contributed by atoms with van der Waals surface area (Å²) in [7, 11) is 0. The first-order valence-corrected chi connectivity index (χ1v) is 7.28. The number of rotatable bonds is 3. The molecule has 0 aliphatic carbocycles. The minimum atomic E-state index is -0.419. The molecule has 112 valence electrons. The molecular formula is C17H16ClN3O. The maximum absolute atomic E-state index is 11.9. The lowest BCUT2D eigenvalue weighted by molar-refractivity contribution is -0.117. The lowest BCUT2D eigenvalue weighted by atomic mass is 10.1. The second-order valence-electron chi connectivity index (χ2n) is 5.36. The molecule has 0 unspecified atom stereocenters. The Morgan fingerprint density at radius 3 is 2.77 bits per heavy atom. The van der Waals surface area contributed by atoms with Gasteiger partial charge in [-0.2, -0.15) is 5.26 Å². The van der Waals surface area contributed by atoms with Gasteiger partial charge in [-0.25, -0.2) is 4.98 Å². The molecule has 1 amide bonds. The third kappa shape index (κ3) is 3.63. The Morgan fingerprint density at radius 1 is 1.41 bits per heavy atom. The van der Waals surface area contributed by atoms with Crippen molar-refractivity contribution in [3.63, 3.8) is 0 Å². The van der Waals surface area contributed by atoms with Crippen molar-refractivity contribution < 1.29 is 4.79 Å². The number of aromatic nitrogens is 1. The number of nitrogens with zero attached hydrogens (tertiary/aromatic N) is 2. The van der Waals surface area contributed by atoms with Gasteiger partial charge in [-0.05, 0) is 44.5 Å². The van der Waals surface area contributed by atoms with E-state index < -0.39 is 5.91 Å². The number of aryl methyl sites for hydroxylation is 1. The normalized spacial score (nSPS) is 11.5. The van der Waals surface area contributed by atoms with E-state index in [4.69, 9.17) is 16.9 Å². The summed E-state index contributed by atoms with van der Waals surface area (Å²) in [6, 6.07) is 9.53. The third-order valence-corrected chi connectivity index (χ3v) is 3.34. The highest BCUT2D eigenvalue weighted by Crippen LogP contribution is 2.23. The van der Waals surface area contributed by atoms with Crippen molar-refractivity contribution in [2.45, 2.75) is 26.8 Å². The van der Waals surface area contributed by atoms with Gasteiger partial charge in [-0.3, -0.25) is 4.79 Å². The Labute approximate surface area is 134 Å². The van der Waals surface area contributed by atoms with Crippen LogP contribution in [0.2, 0.25) is 5.15 Å². The van der Waals surface area contributed by atoms with Gasteiger partial charge >= 0.3 is 0 Å². The van der Waals surface area contributed by atoms with E-state index in [1.807, 2.05) is 51.1 Å². The van der Waals surface area contributed by atoms with Gasteiger partial charge in [0.15, 0.2) is 0 Å². The van der Waals surface area contributed by atoms with Crippen LogP contribution in [0.4, 0.5) is 0 Å². The van der Waals surface area contributed by atoms with Gasteiger partial charge in [0.1, 0.15) is 16.8 Å². The maximum Gasteiger partial charge on any atom is 0.262 e. The number of nitriles is 1. The molecule has 1 heterocycles. The second kappa shape index (κ2) is 6.59. The molecule has 0 atom stereocenters. The predicted octanol–water partition coefficient (Wildman–Crippen LogP) is 3.63. The number of pyridine rings is 1. The number of amides is 1. The fourth-order valence-corrected chi connectivity index (χ4v) is 2.22. The average molecular weight is 314 g/mol. The molecule has 0 saturated heterocycles. The van der Waals surface area contributed by atoms with Crippen molar-refractivity contribution in [2.24, 2.45) is 0 Å². The topological polar surface area (TPSA) is 65.8 Å². The smallest absolute Gasteiger partial charge is 0.262 e. The number of carbonyl (C=O) groups excluding carboxylic acids is 1. The first kappa shape index (κ1) is 16.0. The van der Waals surface area contributed by atoms with E-state index >= 15 is 0 Å². The van der Waals surface area contributed by atoms with Gasteiger partial charge in [-0.15, -0.1) is 0 Å². The van der Waals surface area contributed by atoms with Crippen LogP contribution in [0.25, 0.3) is 17.0 Å². The predicted molar refractivity (Wildman–Crippen MR) is 88.4 cm³/mol. The highest BCUT2D eigenvalue weighted by atomic mass is 35.5. The van der Waals surface area contributed by atoms with Crippen LogP contribution in [-0.2, 0) is 4.79 Å². The Kier molecular flexibility index (Phi) is 4.79. The Hall–Kier alpha value is -2.38. The lowest BCUT2D eigenvalue weighted by Gasteiger charge is -2.08. The molecule has 1 aromatic heterocycles. The molecule has 4 nitrogen and oxygen atoms in total.